The van der Waals surface area contributed by atoms with Crippen molar-refractivity contribution in [3.05, 3.63) is 30.6 Å². The number of hydrogen-bond donors (Lipinski definition) is 1. The first-order chi connectivity index (χ1) is 9.54. The zero-order chi connectivity index (χ0) is 14.8. The summed E-state index contributed by atoms with van der Waals surface area (Å²) >= 11 is 0. The van der Waals surface area contributed by atoms with Crippen molar-refractivity contribution in [2.45, 2.75) is 43.8 Å². The van der Waals surface area contributed by atoms with Gasteiger partial charge in [0.1, 0.15) is 4.90 Å². The lowest BCUT2D eigenvalue weighted by molar-refractivity contribution is 0.436. The number of hydrogen-bond acceptors (Lipinski definition) is 3. The summed E-state index contributed by atoms with van der Waals surface area (Å²) in [6.45, 7) is 7.48. The standard InChI is InChI=1S/C14H23N3O2S/c1-4-8-17(12-6-7-12)20(18,19)14-9-13(10-15-3)16(5-2)11-14/h4,9,11-12,15H,1,5-8,10H2,2-3H3. The van der Waals surface area contributed by atoms with Gasteiger partial charge in [0.2, 0.25) is 10.0 Å². The summed E-state index contributed by atoms with van der Waals surface area (Å²) in [5.74, 6) is 0. The normalized spacial score (nSPS) is 15.8. The lowest BCUT2D eigenvalue weighted by Gasteiger charge is -2.19. The number of aromatic nitrogens is 1. The van der Waals surface area contributed by atoms with E-state index in [9.17, 15) is 8.42 Å². The molecule has 0 aromatic carbocycles. The van der Waals surface area contributed by atoms with Crippen LogP contribution in [-0.4, -0.2) is 36.9 Å². The Morgan fingerprint density at radius 1 is 1.55 bits per heavy atom. The van der Waals surface area contributed by atoms with Gasteiger partial charge >= 0.3 is 0 Å². The molecule has 5 nitrogen and oxygen atoms in total. The van der Waals surface area contributed by atoms with Gasteiger partial charge < -0.3 is 9.88 Å². The van der Waals surface area contributed by atoms with Crippen LogP contribution in [0, 0.1) is 0 Å². The second-order valence-electron chi connectivity index (χ2n) is 5.08. The monoisotopic (exact) mass is 297 g/mol. The first-order valence-electron chi connectivity index (χ1n) is 7.01. The third-order valence-electron chi connectivity index (χ3n) is 3.53. The topological polar surface area (TPSA) is 54.3 Å². The van der Waals surface area contributed by atoms with Crippen molar-refractivity contribution >= 4 is 10.0 Å². The fraction of sp³-hybridized carbons (Fsp3) is 0.571. The lowest BCUT2D eigenvalue weighted by atomic mass is 10.4. The predicted octanol–water partition coefficient (Wildman–Crippen LogP) is 1.57. The van der Waals surface area contributed by atoms with Crippen LogP contribution in [0.3, 0.4) is 0 Å². The van der Waals surface area contributed by atoms with E-state index in [1.165, 1.54) is 0 Å². The molecule has 6 heteroatoms. The van der Waals surface area contributed by atoms with Crippen LogP contribution in [-0.2, 0) is 23.1 Å². The van der Waals surface area contributed by atoms with Gasteiger partial charge in [0.25, 0.3) is 0 Å². The van der Waals surface area contributed by atoms with Crippen LogP contribution in [0.15, 0.2) is 29.8 Å². The van der Waals surface area contributed by atoms with Gasteiger partial charge in [-0.25, -0.2) is 8.42 Å². The maximum atomic E-state index is 12.7. The molecule has 112 valence electrons. The van der Waals surface area contributed by atoms with Gasteiger partial charge in [0.05, 0.1) is 0 Å². The smallest absolute Gasteiger partial charge is 0.245 e. The van der Waals surface area contributed by atoms with Crippen molar-refractivity contribution in [2.75, 3.05) is 13.6 Å². The van der Waals surface area contributed by atoms with Gasteiger partial charge in [0, 0.05) is 37.6 Å². The lowest BCUT2D eigenvalue weighted by Crippen LogP contribution is -2.33. The highest BCUT2D eigenvalue weighted by Crippen LogP contribution is 2.32. The van der Waals surface area contributed by atoms with Crippen LogP contribution in [0.1, 0.15) is 25.5 Å². The highest BCUT2D eigenvalue weighted by Gasteiger charge is 2.37. The molecule has 1 fully saturated rings. The summed E-state index contributed by atoms with van der Waals surface area (Å²) in [6, 6.07) is 1.92. The molecule has 0 radical (unpaired) electrons. The Labute approximate surface area is 121 Å². The maximum Gasteiger partial charge on any atom is 0.245 e. The van der Waals surface area contributed by atoms with E-state index in [1.54, 1.807) is 22.6 Å². The predicted molar refractivity (Wildman–Crippen MR) is 80.0 cm³/mol. The molecule has 1 saturated carbocycles. The molecular weight excluding hydrogens is 274 g/mol. The molecule has 1 aromatic heterocycles. The zero-order valence-corrected chi connectivity index (χ0v) is 13.0. The maximum absolute atomic E-state index is 12.7. The summed E-state index contributed by atoms with van der Waals surface area (Å²) < 4.78 is 29.0. The van der Waals surface area contributed by atoms with E-state index in [2.05, 4.69) is 11.9 Å². The molecule has 0 unspecified atom stereocenters. The van der Waals surface area contributed by atoms with E-state index in [0.717, 1.165) is 25.1 Å². The van der Waals surface area contributed by atoms with Crippen molar-refractivity contribution in [1.29, 1.82) is 0 Å². The summed E-state index contributed by atoms with van der Waals surface area (Å²) in [6.07, 6.45) is 5.29. The van der Waals surface area contributed by atoms with Crippen molar-refractivity contribution in [3.8, 4) is 0 Å². The number of aryl methyl sites for hydroxylation is 1. The minimum Gasteiger partial charge on any atom is -0.349 e. The Morgan fingerprint density at radius 2 is 2.25 bits per heavy atom. The second-order valence-corrected chi connectivity index (χ2v) is 6.97. The second kappa shape index (κ2) is 6.11. The minimum atomic E-state index is -3.42. The van der Waals surface area contributed by atoms with E-state index in [4.69, 9.17) is 0 Å². The van der Waals surface area contributed by atoms with Crippen LogP contribution in [0.4, 0.5) is 0 Å². The highest BCUT2D eigenvalue weighted by molar-refractivity contribution is 7.89. The van der Waals surface area contributed by atoms with Crippen LogP contribution in [0.5, 0.6) is 0 Å². The molecule has 2 rings (SSSR count). The van der Waals surface area contributed by atoms with Gasteiger partial charge in [-0.2, -0.15) is 4.31 Å². The molecule has 0 spiro atoms. The third kappa shape index (κ3) is 2.97. The minimum absolute atomic E-state index is 0.149. The van der Waals surface area contributed by atoms with E-state index in [1.807, 2.05) is 18.5 Å². The average Bonchev–Trinajstić information content (AvgIpc) is 3.16. The number of sulfonamides is 1. The van der Waals surface area contributed by atoms with Gasteiger partial charge in [0.15, 0.2) is 0 Å². The molecule has 1 aromatic rings. The Balaban J connectivity index is 2.34. The highest BCUT2D eigenvalue weighted by atomic mass is 32.2. The van der Waals surface area contributed by atoms with Gasteiger partial charge in [-0.15, -0.1) is 6.58 Å². The Bertz CT molecular complexity index is 573. The van der Waals surface area contributed by atoms with E-state index >= 15 is 0 Å². The molecule has 1 N–H and O–H groups in total. The zero-order valence-electron chi connectivity index (χ0n) is 12.2. The molecule has 0 amide bonds. The van der Waals surface area contributed by atoms with Crippen molar-refractivity contribution in [2.24, 2.45) is 0 Å². The Kier molecular flexibility index (Phi) is 4.67. The van der Waals surface area contributed by atoms with Crippen LogP contribution in [0.25, 0.3) is 0 Å². The van der Waals surface area contributed by atoms with Gasteiger partial charge in [-0.05, 0) is 32.9 Å². The molecular formula is C14H23N3O2S. The van der Waals surface area contributed by atoms with Crippen LogP contribution < -0.4 is 5.32 Å². The first-order valence-corrected chi connectivity index (χ1v) is 8.45. The van der Waals surface area contributed by atoms with Crippen molar-refractivity contribution < 1.29 is 8.42 Å². The molecule has 0 bridgehead atoms. The summed E-state index contributed by atoms with van der Waals surface area (Å²) in [4.78, 5) is 0.387. The van der Waals surface area contributed by atoms with E-state index in [-0.39, 0.29) is 6.04 Å². The summed E-state index contributed by atoms with van der Waals surface area (Å²) in [7, 11) is -1.56. The summed E-state index contributed by atoms with van der Waals surface area (Å²) in [5.41, 5.74) is 0.989. The van der Waals surface area contributed by atoms with Gasteiger partial charge in [-0.1, -0.05) is 6.08 Å². The van der Waals surface area contributed by atoms with E-state index in [0.29, 0.717) is 18.0 Å². The fourth-order valence-corrected chi connectivity index (χ4v) is 4.08. The van der Waals surface area contributed by atoms with Gasteiger partial charge in [-0.3, -0.25) is 0 Å². The molecule has 0 atom stereocenters. The first kappa shape index (κ1) is 15.3. The third-order valence-corrected chi connectivity index (χ3v) is 5.41. The SMILES string of the molecule is C=CCN(C1CC1)S(=O)(=O)c1cc(CNC)n(CC)c1. The van der Waals surface area contributed by atoms with Crippen LogP contribution >= 0.6 is 0 Å². The van der Waals surface area contributed by atoms with Crippen molar-refractivity contribution in [1.82, 2.24) is 14.2 Å². The molecule has 1 heterocycles. The molecule has 0 aliphatic heterocycles. The number of nitrogens with one attached hydrogen (secondary N) is 1. The number of nitrogens with zero attached hydrogens (tertiary/aromatic N) is 2. The largest absolute Gasteiger partial charge is 0.349 e. The Morgan fingerprint density at radius 3 is 2.75 bits per heavy atom. The summed E-state index contributed by atoms with van der Waals surface area (Å²) in [5, 5.41) is 3.07. The van der Waals surface area contributed by atoms with Crippen molar-refractivity contribution in [3.63, 3.8) is 0 Å². The molecule has 20 heavy (non-hydrogen) atoms. The molecule has 0 saturated heterocycles. The number of rotatable bonds is 8. The Hall–Kier alpha value is -1.11. The fourth-order valence-electron chi connectivity index (χ4n) is 2.36. The quantitative estimate of drug-likeness (QED) is 0.741. The average molecular weight is 297 g/mol. The van der Waals surface area contributed by atoms with Crippen LogP contribution in [0.2, 0.25) is 0 Å². The van der Waals surface area contributed by atoms with E-state index < -0.39 is 10.0 Å². The molecule has 1 aliphatic carbocycles. The molecule has 1 aliphatic rings.